The molecule has 0 bridgehead atoms. The zero-order valence-corrected chi connectivity index (χ0v) is 8.25. The molecule has 1 rings (SSSR count). The molecule has 2 N–H and O–H groups in total. The second-order valence-corrected chi connectivity index (χ2v) is 4.00. The summed E-state index contributed by atoms with van der Waals surface area (Å²) in [6, 6.07) is 0.382. The van der Waals surface area contributed by atoms with Gasteiger partial charge in [-0.1, -0.05) is 6.92 Å². The fourth-order valence-electron chi connectivity index (χ4n) is 1.98. The van der Waals surface area contributed by atoms with Crippen LogP contribution in [-0.2, 0) is 4.74 Å². The Kier molecular flexibility index (Phi) is 4.02. The minimum Gasteiger partial charge on any atom is -0.381 e. The third-order valence-corrected chi connectivity index (χ3v) is 2.84. The molecule has 0 aromatic carbocycles. The summed E-state index contributed by atoms with van der Waals surface area (Å²) in [5.74, 6) is 1.45. The first kappa shape index (κ1) is 10.0. The monoisotopic (exact) mass is 171 g/mol. The summed E-state index contributed by atoms with van der Waals surface area (Å²) in [7, 11) is 0. The Bertz CT molecular complexity index is 127. The standard InChI is InChI=1S/C10H21NO/c1-3-12-7-9-6-8(2)4-5-10(9)11/h8-10H,3-7,11H2,1-2H3. The van der Waals surface area contributed by atoms with Crippen molar-refractivity contribution in [1.29, 1.82) is 0 Å². The predicted octanol–water partition coefficient (Wildman–Crippen LogP) is 1.79. The van der Waals surface area contributed by atoms with Crippen molar-refractivity contribution >= 4 is 0 Å². The number of hydrogen-bond donors (Lipinski definition) is 1. The van der Waals surface area contributed by atoms with Crippen molar-refractivity contribution < 1.29 is 4.74 Å². The molecule has 0 radical (unpaired) electrons. The van der Waals surface area contributed by atoms with Gasteiger partial charge >= 0.3 is 0 Å². The third-order valence-electron chi connectivity index (χ3n) is 2.84. The molecule has 2 nitrogen and oxygen atoms in total. The molecular weight excluding hydrogens is 150 g/mol. The second kappa shape index (κ2) is 4.83. The van der Waals surface area contributed by atoms with Crippen molar-refractivity contribution in [3.63, 3.8) is 0 Å². The van der Waals surface area contributed by atoms with Crippen molar-refractivity contribution in [3.05, 3.63) is 0 Å². The van der Waals surface area contributed by atoms with E-state index in [9.17, 15) is 0 Å². The largest absolute Gasteiger partial charge is 0.381 e. The van der Waals surface area contributed by atoms with Gasteiger partial charge in [0.05, 0.1) is 6.61 Å². The van der Waals surface area contributed by atoms with Gasteiger partial charge in [-0.3, -0.25) is 0 Å². The molecular formula is C10H21NO. The fourth-order valence-corrected chi connectivity index (χ4v) is 1.98. The number of nitrogens with two attached hydrogens (primary N) is 1. The lowest BCUT2D eigenvalue weighted by Crippen LogP contribution is -2.38. The molecule has 12 heavy (non-hydrogen) atoms. The summed E-state index contributed by atoms with van der Waals surface area (Å²) in [5.41, 5.74) is 6.00. The van der Waals surface area contributed by atoms with Gasteiger partial charge in [0.2, 0.25) is 0 Å². The summed E-state index contributed by atoms with van der Waals surface area (Å²) >= 11 is 0. The lowest BCUT2D eigenvalue weighted by Gasteiger charge is -2.32. The number of ether oxygens (including phenoxy) is 1. The first-order valence-corrected chi connectivity index (χ1v) is 5.07. The van der Waals surface area contributed by atoms with E-state index in [1.54, 1.807) is 0 Å². The van der Waals surface area contributed by atoms with Crippen molar-refractivity contribution in [2.45, 2.75) is 39.2 Å². The highest BCUT2D eigenvalue weighted by Gasteiger charge is 2.25. The van der Waals surface area contributed by atoms with Gasteiger partial charge in [-0.25, -0.2) is 0 Å². The summed E-state index contributed by atoms with van der Waals surface area (Å²) in [4.78, 5) is 0. The molecule has 72 valence electrons. The van der Waals surface area contributed by atoms with Gasteiger partial charge in [-0.15, -0.1) is 0 Å². The summed E-state index contributed by atoms with van der Waals surface area (Å²) in [6.07, 6.45) is 3.73. The molecule has 0 aromatic heterocycles. The Balaban J connectivity index is 2.28. The fraction of sp³-hybridized carbons (Fsp3) is 1.00. The minimum absolute atomic E-state index is 0.382. The molecule has 1 fully saturated rings. The van der Waals surface area contributed by atoms with E-state index in [0.717, 1.165) is 19.1 Å². The molecule has 1 aliphatic carbocycles. The van der Waals surface area contributed by atoms with E-state index in [1.807, 2.05) is 6.92 Å². The van der Waals surface area contributed by atoms with Crippen LogP contribution in [-0.4, -0.2) is 19.3 Å². The van der Waals surface area contributed by atoms with E-state index in [0.29, 0.717) is 12.0 Å². The molecule has 0 amide bonds. The van der Waals surface area contributed by atoms with Gasteiger partial charge in [-0.2, -0.15) is 0 Å². The Morgan fingerprint density at radius 1 is 1.42 bits per heavy atom. The van der Waals surface area contributed by atoms with Crippen molar-refractivity contribution in [2.75, 3.05) is 13.2 Å². The summed E-state index contributed by atoms with van der Waals surface area (Å²) < 4.78 is 5.41. The Labute approximate surface area is 75.5 Å². The number of hydrogen-bond acceptors (Lipinski definition) is 2. The van der Waals surface area contributed by atoms with Crippen LogP contribution in [0.1, 0.15) is 33.1 Å². The van der Waals surface area contributed by atoms with Crippen molar-refractivity contribution in [3.8, 4) is 0 Å². The second-order valence-electron chi connectivity index (χ2n) is 4.00. The zero-order valence-electron chi connectivity index (χ0n) is 8.25. The van der Waals surface area contributed by atoms with Gasteiger partial charge in [0.15, 0.2) is 0 Å². The van der Waals surface area contributed by atoms with Gasteiger partial charge in [0.1, 0.15) is 0 Å². The molecule has 0 heterocycles. The van der Waals surface area contributed by atoms with Crippen LogP contribution in [0.25, 0.3) is 0 Å². The highest BCUT2D eigenvalue weighted by molar-refractivity contribution is 4.80. The minimum atomic E-state index is 0.382. The molecule has 0 aliphatic heterocycles. The topological polar surface area (TPSA) is 35.2 Å². The molecule has 3 unspecified atom stereocenters. The smallest absolute Gasteiger partial charge is 0.0509 e. The van der Waals surface area contributed by atoms with Crippen molar-refractivity contribution in [2.24, 2.45) is 17.6 Å². The first-order chi connectivity index (χ1) is 5.74. The molecule has 3 atom stereocenters. The average molecular weight is 171 g/mol. The van der Waals surface area contributed by atoms with Crippen LogP contribution in [0.5, 0.6) is 0 Å². The normalized spacial score (nSPS) is 36.8. The molecule has 0 spiro atoms. The Hall–Kier alpha value is -0.0800. The van der Waals surface area contributed by atoms with Gasteiger partial charge in [0.25, 0.3) is 0 Å². The highest BCUT2D eigenvalue weighted by Crippen LogP contribution is 2.27. The van der Waals surface area contributed by atoms with E-state index in [-0.39, 0.29) is 0 Å². The van der Waals surface area contributed by atoms with E-state index >= 15 is 0 Å². The van der Waals surface area contributed by atoms with E-state index in [2.05, 4.69) is 6.92 Å². The van der Waals surface area contributed by atoms with E-state index < -0.39 is 0 Å². The van der Waals surface area contributed by atoms with Crippen LogP contribution in [0, 0.1) is 11.8 Å². The maximum Gasteiger partial charge on any atom is 0.0509 e. The number of rotatable bonds is 3. The van der Waals surface area contributed by atoms with Gasteiger partial charge < -0.3 is 10.5 Å². The van der Waals surface area contributed by atoms with Crippen LogP contribution >= 0.6 is 0 Å². The molecule has 0 saturated heterocycles. The first-order valence-electron chi connectivity index (χ1n) is 5.07. The maximum absolute atomic E-state index is 6.00. The third kappa shape index (κ3) is 2.76. The van der Waals surface area contributed by atoms with Crippen LogP contribution in [0.4, 0.5) is 0 Å². The zero-order chi connectivity index (χ0) is 8.97. The summed E-state index contributed by atoms with van der Waals surface area (Å²) in [6.45, 7) is 6.03. The molecule has 2 heteroatoms. The lowest BCUT2D eigenvalue weighted by atomic mass is 9.80. The molecule has 0 aromatic rings. The maximum atomic E-state index is 6.00. The SMILES string of the molecule is CCOCC1CC(C)CCC1N. The average Bonchev–Trinajstić information content (AvgIpc) is 2.07. The lowest BCUT2D eigenvalue weighted by molar-refractivity contribution is 0.0750. The Morgan fingerprint density at radius 3 is 2.83 bits per heavy atom. The Morgan fingerprint density at radius 2 is 2.17 bits per heavy atom. The quantitative estimate of drug-likeness (QED) is 0.702. The predicted molar refractivity (Wildman–Crippen MR) is 51.0 cm³/mol. The van der Waals surface area contributed by atoms with Crippen LogP contribution in [0.15, 0.2) is 0 Å². The van der Waals surface area contributed by atoms with Crippen LogP contribution in [0.2, 0.25) is 0 Å². The van der Waals surface area contributed by atoms with Gasteiger partial charge in [0, 0.05) is 12.6 Å². The molecule has 1 saturated carbocycles. The van der Waals surface area contributed by atoms with Crippen LogP contribution < -0.4 is 5.73 Å². The van der Waals surface area contributed by atoms with Crippen LogP contribution in [0.3, 0.4) is 0 Å². The molecule has 1 aliphatic rings. The van der Waals surface area contributed by atoms with E-state index in [4.69, 9.17) is 10.5 Å². The highest BCUT2D eigenvalue weighted by atomic mass is 16.5. The summed E-state index contributed by atoms with van der Waals surface area (Å²) in [5, 5.41) is 0. The van der Waals surface area contributed by atoms with Gasteiger partial charge in [-0.05, 0) is 38.0 Å². The van der Waals surface area contributed by atoms with Crippen molar-refractivity contribution in [1.82, 2.24) is 0 Å². The van der Waals surface area contributed by atoms with E-state index in [1.165, 1.54) is 19.3 Å².